The molecule has 5 rings (SSSR count). The summed E-state index contributed by atoms with van der Waals surface area (Å²) < 4.78 is 9.03. The van der Waals surface area contributed by atoms with E-state index in [-0.39, 0.29) is 30.8 Å². The van der Waals surface area contributed by atoms with Gasteiger partial charge >= 0.3 is 0 Å². The Kier molecular flexibility index (Phi) is 6.12. The molecule has 4 unspecified atom stereocenters. The van der Waals surface area contributed by atoms with Gasteiger partial charge in [0.05, 0.1) is 24.0 Å². The minimum atomic E-state index is -0.781. The number of aliphatic hydroxyl groups excluding tert-OH is 1. The molecule has 2 amide bonds. The minimum Gasteiger partial charge on any atom is -0.391 e. The number of carbonyl (C=O) groups is 2. The van der Waals surface area contributed by atoms with Crippen molar-refractivity contribution in [1.29, 1.82) is 0 Å². The molecule has 12 heteroatoms. The van der Waals surface area contributed by atoms with Gasteiger partial charge in [-0.25, -0.2) is 4.68 Å². The average molecular weight is 487 g/mol. The van der Waals surface area contributed by atoms with E-state index < -0.39 is 29.7 Å². The van der Waals surface area contributed by atoms with Gasteiger partial charge in [-0.1, -0.05) is 31.2 Å². The number of aryl methyl sites for hydroxylation is 1. The summed E-state index contributed by atoms with van der Waals surface area (Å²) in [5.74, 6) is -0.124. The van der Waals surface area contributed by atoms with Crippen molar-refractivity contribution in [1.82, 2.24) is 40.2 Å². The van der Waals surface area contributed by atoms with Gasteiger partial charge < -0.3 is 20.1 Å². The monoisotopic (exact) mass is 486 g/mol. The SMILES string of the molecule is Cn1cc(C2OCCC2NC(=O)C2CC(O)CN2C(=O)[C@@H](n2cc(C3CC3)nn2)C(C)(C)C)nn1. The largest absolute Gasteiger partial charge is 0.391 e. The van der Waals surface area contributed by atoms with Crippen molar-refractivity contribution in [3.63, 3.8) is 0 Å². The second-order valence-corrected chi connectivity index (χ2v) is 11.1. The Morgan fingerprint density at radius 3 is 2.54 bits per heavy atom. The lowest BCUT2D eigenvalue weighted by Crippen LogP contribution is -2.52. The topological polar surface area (TPSA) is 140 Å². The Morgan fingerprint density at radius 2 is 1.89 bits per heavy atom. The first kappa shape index (κ1) is 23.9. The van der Waals surface area contributed by atoms with Crippen LogP contribution in [0.3, 0.4) is 0 Å². The zero-order valence-electron chi connectivity index (χ0n) is 20.7. The van der Waals surface area contributed by atoms with E-state index in [1.54, 1.807) is 22.6 Å². The maximum atomic E-state index is 13.9. The number of likely N-dealkylation sites (tertiary alicyclic amines) is 1. The van der Waals surface area contributed by atoms with E-state index in [0.717, 1.165) is 18.5 Å². The quantitative estimate of drug-likeness (QED) is 0.601. The normalized spacial score (nSPS) is 27.9. The van der Waals surface area contributed by atoms with Crippen LogP contribution in [0.5, 0.6) is 0 Å². The summed E-state index contributed by atoms with van der Waals surface area (Å²) in [5.41, 5.74) is 1.08. The summed E-state index contributed by atoms with van der Waals surface area (Å²) in [4.78, 5) is 28.8. The van der Waals surface area contributed by atoms with Crippen LogP contribution in [0.25, 0.3) is 0 Å². The summed E-state index contributed by atoms with van der Waals surface area (Å²) in [6.07, 6.45) is 5.44. The van der Waals surface area contributed by atoms with Gasteiger partial charge in [0, 0.05) is 38.7 Å². The number of nitrogens with zero attached hydrogens (tertiary/aromatic N) is 7. The van der Waals surface area contributed by atoms with Crippen molar-refractivity contribution in [3.8, 4) is 0 Å². The molecule has 2 saturated heterocycles. The molecule has 2 aromatic heterocycles. The molecule has 2 aromatic rings. The van der Waals surface area contributed by atoms with Crippen LogP contribution in [-0.2, 0) is 21.4 Å². The van der Waals surface area contributed by atoms with Crippen molar-refractivity contribution < 1.29 is 19.4 Å². The van der Waals surface area contributed by atoms with Crippen molar-refractivity contribution in [2.75, 3.05) is 13.2 Å². The fourth-order valence-electron chi connectivity index (χ4n) is 5.13. The number of hydrogen-bond donors (Lipinski definition) is 2. The maximum Gasteiger partial charge on any atom is 0.248 e. The molecule has 4 heterocycles. The van der Waals surface area contributed by atoms with E-state index in [1.165, 1.54) is 4.90 Å². The van der Waals surface area contributed by atoms with Crippen LogP contribution in [0.4, 0.5) is 0 Å². The Labute approximate surface area is 204 Å². The molecule has 0 aromatic carbocycles. The summed E-state index contributed by atoms with van der Waals surface area (Å²) in [6.45, 7) is 6.50. The van der Waals surface area contributed by atoms with Gasteiger partial charge in [0.15, 0.2) is 0 Å². The van der Waals surface area contributed by atoms with E-state index >= 15 is 0 Å². The van der Waals surface area contributed by atoms with Gasteiger partial charge in [0.2, 0.25) is 11.8 Å². The highest BCUT2D eigenvalue weighted by Crippen LogP contribution is 2.40. The summed E-state index contributed by atoms with van der Waals surface area (Å²) in [5, 5.41) is 30.1. The van der Waals surface area contributed by atoms with Crippen LogP contribution >= 0.6 is 0 Å². The second-order valence-electron chi connectivity index (χ2n) is 11.1. The summed E-state index contributed by atoms with van der Waals surface area (Å²) >= 11 is 0. The number of β-amino-alcohol motifs (C(OH)–C–C–N with tert-alkyl or cyclic N) is 1. The molecule has 35 heavy (non-hydrogen) atoms. The Hall–Kier alpha value is -2.86. The van der Waals surface area contributed by atoms with Crippen LogP contribution in [-0.4, -0.2) is 83.1 Å². The van der Waals surface area contributed by atoms with Crippen molar-refractivity contribution >= 4 is 11.8 Å². The summed E-state index contributed by atoms with van der Waals surface area (Å²) in [7, 11) is 1.77. The van der Waals surface area contributed by atoms with Gasteiger partial charge in [-0.15, -0.1) is 10.2 Å². The molecule has 12 nitrogen and oxygen atoms in total. The number of amides is 2. The van der Waals surface area contributed by atoms with E-state index in [0.29, 0.717) is 24.6 Å². The molecule has 0 bridgehead atoms. The molecule has 0 spiro atoms. The third kappa shape index (κ3) is 4.81. The lowest BCUT2D eigenvalue weighted by molar-refractivity contribution is -0.144. The van der Waals surface area contributed by atoms with Gasteiger partial charge in [0.1, 0.15) is 23.9 Å². The zero-order chi connectivity index (χ0) is 24.9. The van der Waals surface area contributed by atoms with Crippen molar-refractivity contribution in [2.45, 2.75) is 82.7 Å². The van der Waals surface area contributed by atoms with Gasteiger partial charge in [-0.05, 0) is 24.7 Å². The van der Waals surface area contributed by atoms with E-state index in [2.05, 4.69) is 25.9 Å². The van der Waals surface area contributed by atoms with Crippen LogP contribution in [0, 0.1) is 5.41 Å². The van der Waals surface area contributed by atoms with Crippen LogP contribution in [0.15, 0.2) is 12.4 Å². The minimum absolute atomic E-state index is 0.0996. The molecule has 5 atom stereocenters. The first-order valence-corrected chi connectivity index (χ1v) is 12.3. The Bertz CT molecular complexity index is 1090. The van der Waals surface area contributed by atoms with E-state index in [4.69, 9.17) is 4.74 Å². The Morgan fingerprint density at radius 1 is 1.14 bits per heavy atom. The zero-order valence-corrected chi connectivity index (χ0v) is 20.7. The molecule has 1 aliphatic carbocycles. The lowest BCUT2D eigenvalue weighted by atomic mass is 9.85. The molecular formula is C23H34N8O4. The molecule has 2 aliphatic heterocycles. The number of nitrogens with one attached hydrogen (secondary N) is 1. The number of rotatable bonds is 6. The molecule has 3 fully saturated rings. The molecule has 3 aliphatic rings. The van der Waals surface area contributed by atoms with Gasteiger partial charge in [-0.2, -0.15) is 0 Å². The van der Waals surface area contributed by atoms with Gasteiger partial charge in [-0.3, -0.25) is 14.3 Å². The Balaban J connectivity index is 1.34. The first-order valence-electron chi connectivity index (χ1n) is 12.3. The molecule has 0 radical (unpaired) electrons. The third-order valence-corrected chi connectivity index (χ3v) is 7.04. The highest BCUT2D eigenvalue weighted by molar-refractivity contribution is 5.90. The number of carbonyl (C=O) groups excluding carboxylic acids is 2. The molecular weight excluding hydrogens is 452 g/mol. The molecule has 2 N–H and O–H groups in total. The third-order valence-electron chi connectivity index (χ3n) is 7.04. The average Bonchev–Trinajstić information content (AvgIpc) is 3.16. The highest BCUT2D eigenvalue weighted by atomic mass is 16.5. The first-order chi connectivity index (χ1) is 16.6. The summed E-state index contributed by atoms with van der Waals surface area (Å²) in [6, 6.07) is -1.72. The second kappa shape index (κ2) is 8.98. The van der Waals surface area contributed by atoms with Gasteiger partial charge in [0.25, 0.3) is 0 Å². The smallest absolute Gasteiger partial charge is 0.248 e. The predicted octanol–water partition coefficient (Wildman–Crippen LogP) is 0.479. The fourth-order valence-corrected chi connectivity index (χ4v) is 5.13. The number of hydrogen-bond acceptors (Lipinski definition) is 8. The maximum absolute atomic E-state index is 13.9. The number of ether oxygens (including phenoxy) is 1. The standard InChI is InChI=1S/C23H34N8O4/c1-23(2,3)20(31-12-16(25-28-31)13-5-6-13)22(34)30-10-14(32)9-18(30)21(33)24-15-7-8-35-19(15)17-11-29(4)27-26-17/h11-15,18-20,32H,5-10H2,1-4H3,(H,24,33)/t14?,15?,18?,19?,20-/m1/s1. The predicted molar refractivity (Wildman–Crippen MR) is 123 cm³/mol. The fraction of sp³-hybridized carbons (Fsp3) is 0.739. The molecule has 190 valence electrons. The van der Waals surface area contributed by atoms with Crippen LogP contribution in [0.2, 0.25) is 0 Å². The number of aromatic nitrogens is 6. The van der Waals surface area contributed by atoms with Crippen molar-refractivity contribution in [3.05, 3.63) is 23.8 Å². The van der Waals surface area contributed by atoms with E-state index in [9.17, 15) is 14.7 Å². The van der Waals surface area contributed by atoms with Crippen LogP contribution in [0.1, 0.15) is 75.9 Å². The number of aliphatic hydroxyl groups is 1. The molecule has 1 saturated carbocycles. The van der Waals surface area contributed by atoms with E-state index in [1.807, 2.05) is 27.0 Å². The van der Waals surface area contributed by atoms with Crippen LogP contribution < -0.4 is 5.32 Å². The highest BCUT2D eigenvalue weighted by Gasteiger charge is 2.46. The van der Waals surface area contributed by atoms with Crippen molar-refractivity contribution in [2.24, 2.45) is 12.5 Å². The lowest BCUT2D eigenvalue weighted by Gasteiger charge is -2.35.